The molecule has 3 heterocycles. The number of nitrogens with one attached hydrogen (secondary N) is 1. The highest BCUT2D eigenvalue weighted by Gasteiger charge is 2.22. The first-order chi connectivity index (χ1) is 12.9. The number of para-hydroxylation sites is 1. The standard InChI is InChI=1S/C22H26N4/c1-2-6-19-16-25(10-9-18(19)5-1)17-24-11-13-26(14-12-24)22-15-23-21-8-4-3-7-20(21)22/h1-8,15,23H,9-14,16-17H2. The van der Waals surface area contributed by atoms with E-state index in [2.05, 4.69) is 74.4 Å². The highest BCUT2D eigenvalue weighted by atomic mass is 15.3. The van der Waals surface area contributed by atoms with E-state index in [1.807, 2.05) is 0 Å². The molecule has 1 saturated heterocycles. The number of aromatic amines is 1. The third-order valence-electron chi connectivity index (χ3n) is 5.89. The van der Waals surface area contributed by atoms with Gasteiger partial charge >= 0.3 is 0 Å². The summed E-state index contributed by atoms with van der Waals surface area (Å²) >= 11 is 0. The third-order valence-corrected chi connectivity index (χ3v) is 5.89. The molecule has 2 aliphatic heterocycles. The lowest BCUT2D eigenvalue weighted by Crippen LogP contribution is -2.50. The molecule has 0 radical (unpaired) electrons. The number of hydrogen-bond acceptors (Lipinski definition) is 3. The van der Waals surface area contributed by atoms with Crippen LogP contribution in [0.5, 0.6) is 0 Å². The Bertz CT molecular complexity index is 892. The van der Waals surface area contributed by atoms with Gasteiger partial charge in [0.15, 0.2) is 0 Å². The zero-order valence-electron chi connectivity index (χ0n) is 15.2. The van der Waals surface area contributed by atoms with E-state index < -0.39 is 0 Å². The van der Waals surface area contributed by atoms with Gasteiger partial charge in [0.05, 0.1) is 12.4 Å². The Kier molecular flexibility index (Phi) is 4.15. The Hall–Kier alpha value is -2.30. The average molecular weight is 346 g/mol. The molecule has 0 atom stereocenters. The van der Waals surface area contributed by atoms with Crippen LogP contribution in [-0.4, -0.2) is 54.2 Å². The molecule has 1 aromatic heterocycles. The summed E-state index contributed by atoms with van der Waals surface area (Å²) in [6, 6.07) is 17.5. The van der Waals surface area contributed by atoms with Gasteiger partial charge in [0.1, 0.15) is 0 Å². The molecule has 0 saturated carbocycles. The van der Waals surface area contributed by atoms with Gasteiger partial charge < -0.3 is 9.88 Å². The first kappa shape index (κ1) is 15.9. The van der Waals surface area contributed by atoms with Crippen LogP contribution in [0, 0.1) is 0 Å². The lowest BCUT2D eigenvalue weighted by Gasteiger charge is -2.39. The van der Waals surface area contributed by atoms with Crippen LogP contribution in [0.15, 0.2) is 54.7 Å². The molecule has 2 aromatic carbocycles. The van der Waals surface area contributed by atoms with Crippen LogP contribution >= 0.6 is 0 Å². The second kappa shape index (κ2) is 6.78. The van der Waals surface area contributed by atoms with E-state index in [-0.39, 0.29) is 0 Å². The summed E-state index contributed by atoms with van der Waals surface area (Å²) in [6.07, 6.45) is 3.35. The van der Waals surface area contributed by atoms with Crippen LogP contribution in [0.25, 0.3) is 10.9 Å². The van der Waals surface area contributed by atoms with Crippen LogP contribution < -0.4 is 4.90 Å². The van der Waals surface area contributed by atoms with Crippen LogP contribution in [0.1, 0.15) is 11.1 Å². The van der Waals surface area contributed by atoms with Crippen molar-refractivity contribution in [3.05, 3.63) is 65.9 Å². The summed E-state index contributed by atoms with van der Waals surface area (Å²) in [5.41, 5.74) is 5.63. The highest BCUT2D eigenvalue weighted by molar-refractivity contribution is 5.92. The van der Waals surface area contributed by atoms with Gasteiger partial charge in [-0.2, -0.15) is 0 Å². The Labute approximate surface area is 155 Å². The number of aromatic nitrogens is 1. The highest BCUT2D eigenvalue weighted by Crippen LogP contribution is 2.27. The minimum Gasteiger partial charge on any atom is -0.367 e. The molecule has 0 aliphatic carbocycles. The predicted octanol–water partition coefficient (Wildman–Crippen LogP) is 3.31. The second-order valence-corrected chi connectivity index (χ2v) is 7.54. The maximum atomic E-state index is 3.41. The largest absolute Gasteiger partial charge is 0.367 e. The van der Waals surface area contributed by atoms with Gasteiger partial charge in [-0.3, -0.25) is 9.80 Å². The third kappa shape index (κ3) is 3.00. The number of piperazine rings is 1. The number of nitrogens with zero attached hydrogens (tertiary/aromatic N) is 3. The molecule has 4 nitrogen and oxygen atoms in total. The number of anilines is 1. The zero-order valence-corrected chi connectivity index (χ0v) is 15.2. The van der Waals surface area contributed by atoms with Gasteiger partial charge in [-0.05, 0) is 23.6 Å². The average Bonchev–Trinajstić information content (AvgIpc) is 3.13. The van der Waals surface area contributed by atoms with E-state index in [4.69, 9.17) is 0 Å². The normalized spacial score (nSPS) is 19.0. The van der Waals surface area contributed by atoms with Crippen molar-refractivity contribution in [3.8, 4) is 0 Å². The van der Waals surface area contributed by atoms with E-state index in [0.717, 1.165) is 39.4 Å². The monoisotopic (exact) mass is 346 g/mol. The fraction of sp³-hybridized carbons (Fsp3) is 0.364. The summed E-state index contributed by atoms with van der Waals surface area (Å²) in [7, 11) is 0. The molecular formula is C22H26N4. The Morgan fingerprint density at radius 3 is 2.42 bits per heavy atom. The molecular weight excluding hydrogens is 320 g/mol. The molecule has 2 aliphatic rings. The summed E-state index contributed by atoms with van der Waals surface area (Å²) in [4.78, 5) is 11.1. The number of fused-ring (bicyclic) bond motifs is 2. The molecule has 0 bridgehead atoms. The lowest BCUT2D eigenvalue weighted by atomic mass is 10.0. The van der Waals surface area contributed by atoms with Gasteiger partial charge in [-0.25, -0.2) is 0 Å². The van der Waals surface area contributed by atoms with E-state index in [1.54, 1.807) is 0 Å². The number of hydrogen-bond donors (Lipinski definition) is 1. The quantitative estimate of drug-likeness (QED) is 0.788. The van der Waals surface area contributed by atoms with Crippen LogP contribution in [0.4, 0.5) is 5.69 Å². The second-order valence-electron chi connectivity index (χ2n) is 7.54. The maximum absolute atomic E-state index is 3.41. The van der Waals surface area contributed by atoms with Crippen molar-refractivity contribution in [1.29, 1.82) is 0 Å². The van der Waals surface area contributed by atoms with Crippen LogP contribution in [0.3, 0.4) is 0 Å². The molecule has 1 N–H and O–H groups in total. The maximum Gasteiger partial charge on any atom is 0.0624 e. The number of benzene rings is 2. The van der Waals surface area contributed by atoms with Gasteiger partial charge in [-0.15, -0.1) is 0 Å². The molecule has 5 rings (SSSR count). The number of rotatable bonds is 3. The fourth-order valence-electron chi connectivity index (χ4n) is 4.41. The van der Waals surface area contributed by atoms with Crippen molar-refractivity contribution in [2.75, 3.05) is 44.3 Å². The van der Waals surface area contributed by atoms with Gasteiger partial charge in [-0.1, -0.05) is 42.5 Å². The molecule has 0 amide bonds. The molecule has 0 unspecified atom stereocenters. The van der Waals surface area contributed by atoms with E-state index in [0.29, 0.717) is 0 Å². The first-order valence-corrected chi connectivity index (χ1v) is 9.69. The van der Waals surface area contributed by atoms with E-state index >= 15 is 0 Å². The topological polar surface area (TPSA) is 25.5 Å². The van der Waals surface area contributed by atoms with Crippen LogP contribution in [-0.2, 0) is 13.0 Å². The van der Waals surface area contributed by atoms with Gasteiger partial charge in [0, 0.05) is 56.4 Å². The number of H-pyrrole nitrogens is 1. The Morgan fingerprint density at radius 2 is 1.54 bits per heavy atom. The first-order valence-electron chi connectivity index (χ1n) is 9.69. The smallest absolute Gasteiger partial charge is 0.0624 e. The summed E-state index contributed by atoms with van der Waals surface area (Å²) in [6.45, 7) is 7.85. The van der Waals surface area contributed by atoms with E-state index in [1.165, 1.54) is 40.7 Å². The minimum atomic E-state index is 1.09. The summed E-state index contributed by atoms with van der Waals surface area (Å²) in [5.74, 6) is 0. The van der Waals surface area contributed by atoms with Crippen molar-refractivity contribution >= 4 is 16.6 Å². The van der Waals surface area contributed by atoms with Gasteiger partial charge in [0.2, 0.25) is 0 Å². The van der Waals surface area contributed by atoms with Crippen molar-refractivity contribution in [2.45, 2.75) is 13.0 Å². The SMILES string of the molecule is c1ccc2c(c1)CCN(CN1CCN(c3c[nH]c4ccccc34)CC1)C2. The fourth-order valence-corrected chi connectivity index (χ4v) is 4.41. The van der Waals surface area contributed by atoms with Gasteiger partial charge in [0.25, 0.3) is 0 Å². The molecule has 3 aromatic rings. The van der Waals surface area contributed by atoms with E-state index in [9.17, 15) is 0 Å². The van der Waals surface area contributed by atoms with Crippen LogP contribution in [0.2, 0.25) is 0 Å². The summed E-state index contributed by atoms with van der Waals surface area (Å²) in [5, 5.41) is 1.34. The zero-order chi connectivity index (χ0) is 17.3. The predicted molar refractivity (Wildman–Crippen MR) is 108 cm³/mol. The van der Waals surface area contributed by atoms with Crippen molar-refractivity contribution < 1.29 is 0 Å². The Morgan fingerprint density at radius 1 is 0.769 bits per heavy atom. The van der Waals surface area contributed by atoms with Crippen molar-refractivity contribution in [1.82, 2.24) is 14.8 Å². The van der Waals surface area contributed by atoms with Crippen molar-refractivity contribution in [2.24, 2.45) is 0 Å². The molecule has 0 spiro atoms. The molecule has 1 fully saturated rings. The minimum absolute atomic E-state index is 1.09. The van der Waals surface area contributed by atoms with Crippen molar-refractivity contribution in [3.63, 3.8) is 0 Å². The lowest BCUT2D eigenvalue weighted by molar-refractivity contribution is 0.115. The summed E-state index contributed by atoms with van der Waals surface area (Å²) < 4.78 is 0. The molecule has 134 valence electrons. The Balaban J connectivity index is 1.20. The molecule has 4 heteroatoms. The molecule has 26 heavy (non-hydrogen) atoms.